The summed E-state index contributed by atoms with van der Waals surface area (Å²) in [6.45, 7) is 3.43. The van der Waals surface area contributed by atoms with Crippen LogP contribution in [0.2, 0.25) is 0 Å². The summed E-state index contributed by atoms with van der Waals surface area (Å²) in [7, 11) is -1.59. The highest BCUT2D eigenvalue weighted by molar-refractivity contribution is 7.98. The Morgan fingerprint density at radius 3 is 2.17 bits per heavy atom. The zero-order valence-electron chi connectivity index (χ0n) is 20.6. The first-order valence-corrected chi connectivity index (χ1v) is 13.3. The predicted octanol–water partition coefficient (Wildman–Crippen LogP) is 3.00. The van der Waals surface area contributed by atoms with Gasteiger partial charge in [0.2, 0.25) is 0 Å². The highest BCUT2D eigenvalue weighted by atomic mass is 32.2. The number of hydrogen-bond donors (Lipinski definition) is 4. The summed E-state index contributed by atoms with van der Waals surface area (Å²) >= 11 is 0. The van der Waals surface area contributed by atoms with E-state index in [2.05, 4.69) is 16.5 Å². The Labute approximate surface area is 213 Å². The fraction of sp³-hybridized carbons (Fsp3) is 0.423. The molecule has 9 nitrogen and oxygen atoms in total. The molecule has 0 saturated carbocycles. The van der Waals surface area contributed by atoms with Crippen molar-refractivity contribution in [1.82, 2.24) is 0 Å². The molecule has 0 aromatic heterocycles. The molecule has 0 radical (unpaired) electrons. The number of carbonyl (C=O) groups excluding carboxylic acids is 1. The standard InChI is InChI=1S/C14H15N3O.C12H17N3O2S/c15-7-12-8-3-1-5-10(8)13(17-14(16)18)11-6-2-4-9(11)12;1-12(2,16)10-8-11(18(13)17)14-15(10)9-6-4-3-5-7-9/h1-6H2,(H3,16,17,18);3-7,10,16H,8,13H2,1-2H3. The van der Waals surface area contributed by atoms with Gasteiger partial charge >= 0.3 is 6.03 Å². The molecule has 0 bridgehead atoms. The van der Waals surface area contributed by atoms with Crippen molar-refractivity contribution in [1.29, 1.82) is 5.26 Å². The Morgan fingerprint density at radius 2 is 1.69 bits per heavy atom. The number of benzene rings is 2. The fourth-order valence-electron chi connectivity index (χ4n) is 5.34. The van der Waals surface area contributed by atoms with E-state index >= 15 is 0 Å². The van der Waals surface area contributed by atoms with Crippen LogP contribution in [0.1, 0.15) is 60.9 Å². The van der Waals surface area contributed by atoms with E-state index in [0.29, 0.717) is 11.5 Å². The third-order valence-corrected chi connectivity index (χ3v) is 7.67. The molecule has 3 aliphatic rings. The molecule has 10 heteroatoms. The number of nitriles is 1. The van der Waals surface area contributed by atoms with Crippen LogP contribution in [-0.2, 0) is 36.7 Å². The van der Waals surface area contributed by atoms with E-state index < -0.39 is 22.6 Å². The minimum Gasteiger partial charge on any atom is -0.388 e. The molecule has 0 fully saturated rings. The molecule has 2 atom stereocenters. The van der Waals surface area contributed by atoms with Gasteiger partial charge in [0, 0.05) is 12.1 Å². The first-order chi connectivity index (χ1) is 17.1. The highest BCUT2D eigenvalue weighted by Gasteiger charge is 2.39. The summed E-state index contributed by atoms with van der Waals surface area (Å²) < 4.78 is 11.3. The van der Waals surface area contributed by atoms with Gasteiger partial charge < -0.3 is 16.2 Å². The lowest BCUT2D eigenvalue weighted by Gasteiger charge is -2.32. The van der Waals surface area contributed by atoms with Crippen LogP contribution < -0.4 is 21.2 Å². The quantitative estimate of drug-likeness (QED) is 0.501. The van der Waals surface area contributed by atoms with Gasteiger partial charge in [-0.05, 0) is 86.8 Å². The molecule has 190 valence electrons. The average molecular weight is 509 g/mol. The number of rotatable bonds is 3. The van der Waals surface area contributed by atoms with Crippen molar-refractivity contribution < 1.29 is 14.1 Å². The van der Waals surface area contributed by atoms with Crippen molar-refractivity contribution in [2.45, 2.75) is 70.4 Å². The van der Waals surface area contributed by atoms with Crippen LogP contribution in [-0.4, -0.2) is 32.0 Å². The van der Waals surface area contributed by atoms with Gasteiger partial charge in [0.1, 0.15) is 16.0 Å². The summed E-state index contributed by atoms with van der Waals surface area (Å²) in [5.41, 5.74) is 11.5. The Bertz CT molecular complexity index is 1230. The van der Waals surface area contributed by atoms with Crippen LogP contribution in [0.25, 0.3) is 0 Å². The van der Waals surface area contributed by atoms with Gasteiger partial charge in [-0.3, -0.25) is 5.01 Å². The molecule has 2 aliphatic carbocycles. The molecule has 6 N–H and O–H groups in total. The second-order valence-electron chi connectivity index (χ2n) is 9.82. The van der Waals surface area contributed by atoms with Crippen molar-refractivity contribution in [2.24, 2.45) is 16.0 Å². The third-order valence-electron chi connectivity index (χ3n) is 6.95. The number of nitrogens with one attached hydrogen (secondary N) is 1. The molecule has 2 aromatic rings. The number of nitrogens with zero attached hydrogens (tertiary/aromatic N) is 3. The molecule has 36 heavy (non-hydrogen) atoms. The van der Waals surface area contributed by atoms with E-state index in [-0.39, 0.29) is 6.04 Å². The van der Waals surface area contributed by atoms with Gasteiger partial charge in [-0.15, -0.1) is 0 Å². The van der Waals surface area contributed by atoms with E-state index in [0.717, 1.165) is 77.7 Å². The minimum atomic E-state index is -1.59. The van der Waals surface area contributed by atoms with Crippen molar-refractivity contribution in [3.8, 4) is 6.07 Å². The van der Waals surface area contributed by atoms with Gasteiger partial charge in [-0.2, -0.15) is 10.4 Å². The lowest BCUT2D eigenvalue weighted by Crippen LogP contribution is -2.45. The lowest BCUT2D eigenvalue weighted by molar-refractivity contribution is 0.0540. The van der Waals surface area contributed by atoms with E-state index in [1.165, 1.54) is 0 Å². The topological polar surface area (TPSA) is 158 Å². The molecular formula is C26H32N6O3S. The number of primary amides is 1. The zero-order chi connectivity index (χ0) is 26.0. The zero-order valence-corrected chi connectivity index (χ0v) is 21.4. The number of urea groups is 1. The van der Waals surface area contributed by atoms with E-state index in [1.807, 2.05) is 30.3 Å². The maximum Gasteiger partial charge on any atom is 0.316 e. The molecule has 2 unspecified atom stereocenters. The number of para-hydroxylation sites is 1. The molecule has 1 heterocycles. The molecule has 2 amide bonds. The van der Waals surface area contributed by atoms with E-state index in [1.54, 1.807) is 18.9 Å². The highest BCUT2D eigenvalue weighted by Crippen LogP contribution is 2.41. The molecule has 2 aromatic carbocycles. The number of nitrogens with two attached hydrogens (primary N) is 2. The van der Waals surface area contributed by atoms with Gasteiger partial charge in [-0.25, -0.2) is 14.1 Å². The molecule has 0 saturated heterocycles. The SMILES string of the molecule is CC(C)(O)C1CC(S(N)=O)=NN1c1ccccc1.N#Cc1c2c(c(NC(N)=O)c3c1CCC3)CCC2. The first kappa shape index (κ1) is 25.8. The first-order valence-electron chi connectivity index (χ1n) is 12.1. The second-order valence-corrected chi connectivity index (χ2v) is 10.9. The van der Waals surface area contributed by atoms with Crippen LogP contribution in [0, 0.1) is 11.3 Å². The van der Waals surface area contributed by atoms with Crippen LogP contribution >= 0.6 is 0 Å². The molecule has 5 rings (SSSR count). The van der Waals surface area contributed by atoms with Gasteiger partial charge in [0.15, 0.2) is 0 Å². The number of anilines is 2. The third kappa shape index (κ3) is 5.14. The number of aliphatic hydroxyl groups is 1. The maximum absolute atomic E-state index is 11.3. The maximum atomic E-state index is 11.3. The van der Waals surface area contributed by atoms with Gasteiger partial charge in [0.25, 0.3) is 0 Å². The Morgan fingerprint density at radius 1 is 1.14 bits per heavy atom. The lowest BCUT2D eigenvalue weighted by atomic mass is 9.93. The Kier molecular flexibility index (Phi) is 7.45. The Hall–Kier alpha value is -3.26. The van der Waals surface area contributed by atoms with Crippen molar-refractivity contribution in [3.63, 3.8) is 0 Å². The van der Waals surface area contributed by atoms with E-state index in [9.17, 15) is 19.4 Å². The van der Waals surface area contributed by atoms with Crippen LogP contribution in [0.5, 0.6) is 0 Å². The molecule has 1 aliphatic heterocycles. The van der Waals surface area contributed by atoms with Gasteiger partial charge in [-0.1, -0.05) is 18.2 Å². The van der Waals surface area contributed by atoms with Crippen LogP contribution in [0.15, 0.2) is 35.4 Å². The number of hydrogen-bond acceptors (Lipinski definition) is 6. The largest absolute Gasteiger partial charge is 0.388 e. The predicted molar refractivity (Wildman–Crippen MR) is 142 cm³/mol. The molecular weight excluding hydrogens is 476 g/mol. The second kappa shape index (κ2) is 10.4. The van der Waals surface area contributed by atoms with Gasteiger partial charge in [0.05, 0.1) is 29.0 Å². The molecule has 0 spiro atoms. The monoisotopic (exact) mass is 508 g/mol. The van der Waals surface area contributed by atoms with Crippen molar-refractivity contribution in [2.75, 3.05) is 10.3 Å². The summed E-state index contributed by atoms with van der Waals surface area (Å²) in [5.74, 6) is 0. The van der Waals surface area contributed by atoms with E-state index in [4.69, 9.17) is 10.9 Å². The fourth-order valence-corrected chi connectivity index (χ4v) is 5.83. The number of fused-ring (bicyclic) bond motifs is 2. The van der Waals surface area contributed by atoms with Crippen molar-refractivity contribution in [3.05, 3.63) is 58.1 Å². The number of amides is 2. The summed E-state index contributed by atoms with van der Waals surface area (Å²) in [6.07, 6.45) is 6.28. The van der Waals surface area contributed by atoms with Crippen LogP contribution in [0.4, 0.5) is 16.2 Å². The number of hydrazone groups is 1. The average Bonchev–Trinajstić information content (AvgIpc) is 3.58. The van der Waals surface area contributed by atoms with Crippen LogP contribution in [0.3, 0.4) is 0 Å². The summed E-state index contributed by atoms with van der Waals surface area (Å²) in [4.78, 5) is 11.2. The summed E-state index contributed by atoms with van der Waals surface area (Å²) in [5, 5.41) is 34.1. The number of carbonyl (C=O) groups is 1. The smallest absolute Gasteiger partial charge is 0.316 e. The normalized spacial score (nSPS) is 18.9. The van der Waals surface area contributed by atoms with Crippen molar-refractivity contribution >= 4 is 33.4 Å². The summed E-state index contributed by atoms with van der Waals surface area (Å²) in [6, 6.07) is 11.1. The Balaban J connectivity index is 0.000000169. The minimum absolute atomic E-state index is 0.262.